The summed E-state index contributed by atoms with van der Waals surface area (Å²) in [6, 6.07) is 0. The minimum atomic E-state index is -4.59. The van der Waals surface area contributed by atoms with E-state index in [2.05, 4.69) is 0 Å². The molecule has 0 spiro atoms. The Morgan fingerprint density at radius 1 is 0.833 bits per heavy atom. The molecule has 74 valence electrons. The van der Waals surface area contributed by atoms with Crippen molar-refractivity contribution in [2.75, 3.05) is 13.1 Å². The Hall–Kier alpha value is 0.270. The van der Waals surface area contributed by atoms with Crippen LogP contribution in [0.15, 0.2) is 0 Å². The lowest BCUT2D eigenvalue weighted by atomic mass is 10.5. The van der Waals surface area contributed by atoms with Crippen LogP contribution in [-0.2, 0) is 0 Å². The fourth-order valence-electron chi connectivity index (χ4n) is 0.445. The summed E-state index contributed by atoms with van der Waals surface area (Å²) < 4.78 is 68.9. The van der Waals surface area contributed by atoms with Gasteiger partial charge in [0.1, 0.15) is 13.1 Å². The van der Waals surface area contributed by atoms with Crippen LogP contribution in [0.3, 0.4) is 0 Å². The van der Waals surface area contributed by atoms with Gasteiger partial charge in [-0.2, -0.15) is 26.3 Å². The second-order valence-corrected chi connectivity index (χ2v) is 3.37. The van der Waals surface area contributed by atoms with E-state index in [4.69, 9.17) is 0 Å². The van der Waals surface area contributed by atoms with Crippen LogP contribution < -0.4 is 0 Å². The van der Waals surface area contributed by atoms with Gasteiger partial charge in [-0.25, -0.2) is 3.11 Å². The van der Waals surface area contributed by atoms with E-state index < -0.39 is 25.4 Å². The van der Waals surface area contributed by atoms with Gasteiger partial charge in [-0.1, -0.05) is 0 Å². The largest absolute Gasteiger partial charge is 0.402 e. The van der Waals surface area contributed by atoms with E-state index in [1.165, 1.54) is 0 Å². The summed E-state index contributed by atoms with van der Waals surface area (Å²) in [4.78, 5) is 0. The molecular weight excluding hydrogens is 303 g/mol. The molecule has 0 aliphatic carbocycles. The Kier molecular flexibility index (Phi) is 4.08. The molecule has 0 saturated heterocycles. The number of hydrogen-bond donors (Lipinski definition) is 0. The lowest BCUT2D eigenvalue weighted by molar-refractivity contribution is -0.160. The van der Waals surface area contributed by atoms with Gasteiger partial charge in [0.05, 0.1) is 0 Å². The van der Waals surface area contributed by atoms with Crippen molar-refractivity contribution in [1.82, 2.24) is 3.11 Å². The Labute approximate surface area is 78.2 Å². The molecule has 0 heterocycles. The molecule has 0 atom stereocenters. The average Bonchev–Trinajstić information content (AvgIpc) is 1.49. The monoisotopic (exact) mass is 307 g/mol. The quantitative estimate of drug-likeness (QED) is 0.431. The molecule has 0 amide bonds. The van der Waals surface area contributed by atoms with Gasteiger partial charge in [0.2, 0.25) is 0 Å². The molecule has 0 rings (SSSR count). The van der Waals surface area contributed by atoms with Crippen molar-refractivity contribution >= 4 is 22.9 Å². The highest BCUT2D eigenvalue weighted by molar-refractivity contribution is 14.1. The molecular formula is C4H4F6IN. The molecule has 0 aliphatic heterocycles. The molecule has 0 aliphatic rings. The molecule has 12 heavy (non-hydrogen) atoms. The van der Waals surface area contributed by atoms with Gasteiger partial charge in [-0.05, 0) is 0 Å². The second-order valence-electron chi connectivity index (χ2n) is 2.01. The van der Waals surface area contributed by atoms with Crippen LogP contribution in [0, 0.1) is 0 Å². The minimum Gasteiger partial charge on any atom is -0.229 e. The first kappa shape index (κ1) is 12.3. The third-order valence-electron chi connectivity index (χ3n) is 0.702. The van der Waals surface area contributed by atoms with Gasteiger partial charge in [0, 0.05) is 22.9 Å². The molecule has 0 aromatic rings. The van der Waals surface area contributed by atoms with Crippen molar-refractivity contribution in [2.45, 2.75) is 12.4 Å². The van der Waals surface area contributed by atoms with E-state index in [-0.39, 0.29) is 3.11 Å². The summed E-state index contributed by atoms with van der Waals surface area (Å²) in [6.07, 6.45) is -9.18. The smallest absolute Gasteiger partial charge is 0.229 e. The van der Waals surface area contributed by atoms with E-state index in [1.807, 2.05) is 0 Å². The number of alkyl halides is 6. The summed E-state index contributed by atoms with van der Waals surface area (Å²) in [5.41, 5.74) is 0. The van der Waals surface area contributed by atoms with E-state index in [1.54, 1.807) is 0 Å². The summed E-state index contributed by atoms with van der Waals surface area (Å²) >= 11 is 0.985. The van der Waals surface area contributed by atoms with E-state index >= 15 is 0 Å². The Morgan fingerprint density at radius 3 is 1.25 bits per heavy atom. The van der Waals surface area contributed by atoms with Gasteiger partial charge in [-0.3, -0.25) is 0 Å². The summed E-state index contributed by atoms with van der Waals surface area (Å²) in [6.45, 7) is -3.12. The predicted octanol–water partition coefficient (Wildman–Crippen LogP) is 2.76. The second kappa shape index (κ2) is 3.99. The maximum atomic E-state index is 11.5. The highest BCUT2D eigenvalue weighted by atomic mass is 127. The summed E-state index contributed by atoms with van der Waals surface area (Å²) in [5.74, 6) is 0. The molecule has 0 bridgehead atoms. The fourth-order valence-corrected chi connectivity index (χ4v) is 1.22. The van der Waals surface area contributed by atoms with Crippen molar-refractivity contribution < 1.29 is 26.3 Å². The highest BCUT2D eigenvalue weighted by Crippen LogP contribution is 2.23. The first-order valence-corrected chi connectivity index (χ1v) is 3.61. The van der Waals surface area contributed by atoms with Gasteiger partial charge >= 0.3 is 12.4 Å². The zero-order valence-electron chi connectivity index (χ0n) is 5.51. The number of hydrogen-bond acceptors (Lipinski definition) is 1. The third-order valence-corrected chi connectivity index (χ3v) is 1.38. The van der Waals surface area contributed by atoms with Crippen molar-refractivity contribution in [3.8, 4) is 0 Å². The standard InChI is InChI=1S/C4H4F6IN/c5-3(6,7)1-12(11)2-4(8,9)10/h1-2H2. The third kappa shape index (κ3) is 8.37. The molecule has 0 fully saturated rings. The van der Waals surface area contributed by atoms with Crippen molar-refractivity contribution in [3.05, 3.63) is 0 Å². The van der Waals surface area contributed by atoms with E-state index in [0.29, 0.717) is 0 Å². The van der Waals surface area contributed by atoms with E-state index in [0.717, 1.165) is 22.9 Å². The minimum absolute atomic E-state index is 0.137. The first-order valence-electron chi connectivity index (χ1n) is 2.64. The van der Waals surface area contributed by atoms with Crippen LogP contribution in [0.25, 0.3) is 0 Å². The molecule has 8 heteroatoms. The highest BCUT2D eigenvalue weighted by Gasteiger charge is 2.36. The molecule has 0 aromatic heterocycles. The van der Waals surface area contributed by atoms with Crippen molar-refractivity contribution in [2.24, 2.45) is 0 Å². The summed E-state index contributed by atoms with van der Waals surface area (Å²) in [5, 5.41) is 0. The molecule has 0 aromatic carbocycles. The van der Waals surface area contributed by atoms with Gasteiger partial charge < -0.3 is 0 Å². The van der Waals surface area contributed by atoms with Crippen molar-refractivity contribution in [1.29, 1.82) is 0 Å². The average molecular weight is 307 g/mol. The van der Waals surface area contributed by atoms with Gasteiger partial charge in [-0.15, -0.1) is 0 Å². The lowest BCUT2D eigenvalue weighted by Crippen LogP contribution is -2.33. The topological polar surface area (TPSA) is 3.24 Å². The van der Waals surface area contributed by atoms with E-state index in [9.17, 15) is 26.3 Å². The Balaban J connectivity index is 3.83. The molecule has 0 unspecified atom stereocenters. The predicted molar refractivity (Wildman–Crippen MR) is 37.7 cm³/mol. The van der Waals surface area contributed by atoms with Crippen LogP contribution in [-0.4, -0.2) is 28.6 Å². The lowest BCUT2D eigenvalue weighted by Gasteiger charge is -2.17. The number of nitrogens with zero attached hydrogens (tertiary/aromatic N) is 1. The molecule has 0 N–H and O–H groups in total. The van der Waals surface area contributed by atoms with Crippen LogP contribution in [0.5, 0.6) is 0 Å². The van der Waals surface area contributed by atoms with Crippen LogP contribution in [0.4, 0.5) is 26.3 Å². The van der Waals surface area contributed by atoms with Crippen LogP contribution in [0.1, 0.15) is 0 Å². The fraction of sp³-hybridized carbons (Fsp3) is 1.00. The van der Waals surface area contributed by atoms with Crippen LogP contribution in [0.2, 0.25) is 0 Å². The molecule has 0 saturated carbocycles. The van der Waals surface area contributed by atoms with Crippen molar-refractivity contribution in [3.63, 3.8) is 0 Å². The Morgan fingerprint density at radius 2 is 1.08 bits per heavy atom. The normalized spacial score (nSPS) is 14.0. The summed E-state index contributed by atoms with van der Waals surface area (Å²) in [7, 11) is 0. The first-order chi connectivity index (χ1) is 5.10. The number of rotatable bonds is 2. The number of halogens is 7. The zero-order valence-corrected chi connectivity index (χ0v) is 7.66. The molecule has 0 radical (unpaired) electrons. The zero-order chi connectivity index (χ0) is 9.99. The van der Waals surface area contributed by atoms with Gasteiger partial charge in [0.25, 0.3) is 0 Å². The van der Waals surface area contributed by atoms with Crippen LogP contribution >= 0.6 is 22.9 Å². The SMILES string of the molecule is FC(F)(F)CN(I)CC(F)(F)F. The Bertz CT molecular complexity index is 123. The maximum Gasteiger partial charge on any atom is 0.402 e. The van der Waals surface area contributed by atoms with Gasteiger partial charge in [0.15, 0.2) is 0 Å². The maximum absolute atomic E-state index is 11.5. The molecule has 1 nitrogen and oxygen atoms in total.